The molecule has 9 heteroatoms. The van der Waals surface area contributed by atoms with Gasteiger partial charge in [-0.25, -0.2) is 4.79 Å². The van der Waals surface area contributed by atoms with Gasteiger partial charge in [-0.1, -0.05) is 0 Å². The van der Waals surface area contributed by atoms with Crippen LogP contribution in [0.25, 0.3) is 0 Å². The minimum atomic E-state index is -0.770. The molecule has 0 saturated carbocycles. The van der Waals surface area contributed by atoms with E-state index in [0.29, 0.717) is 4.88 Å². The highest BCUT2D eigenvalue weighted by Gasteiger charge is 2.39. The number of nitriles is 1. The molecule has 0 aliphatic carbocycles. The number of carbonyl (C=O) groups excluding carboxylic acids is 2. The maximum atomic E-state index is 12.6. The van der Waals surface area contributed by atoms with E-state index in [0.717, 1.165) is 3.79 Å². The van der Waals surface area contributed by atoms with Crippen molar-refractivity contribution in [3.05, 3.63) is 43.6 Å². The van der Waals surface area contributed by atoms with E-state index < -0.39 is 17.9 Å². The number of thiophene rings is 1. The van der Waals surface area contributed by atoms with Gasteiger partial charge in [-0.05, 0) is 41.9 Å². The van der Waals surface area contributed by atoms with Crippen LogP contribution in [0.1, 0.15) is 31.1 Å². The molecule has 0 spiro atoms. The molecule has 0 radical (unpaired) electrons. The van der Waals surface area contributed by atoms with E-state index in [9.17, 15) is 14.9 Å². The molecule has 138 valence electrons. The zero-order valence-electron chi connectivity index (χ0n) is 14.2. The van der Waals surface area contributed by atoms with Crippen molar-refractivity contribution in [2.75, 3.05) is 13.2 Å². The molecular weight excluding hydrogens is 424 g/mol. The van der Waals surface area contributed by atoms with E-state index in [4.69, 9.17) is 19.9 Å². The van der Waals surface area contributed by atoms with Gasteiger partial charge in [0.1, 0.15) is 23.8 Å². The summed E-state index contributed by atoms with van der Waals surface area (Å²) < 4.78 is 16.3. The Morgan fingerprint density at radius 2 is 2.04 bits per heavy atom. The van der Waals surface area contributed by atoms with Crippen LogP contribution in [0.15, 0.2) is 38.7 Å². The Kier molecular flexibility index (Phi) is 6.83. The molecule has 1 aromatic rings. The van der Waals surface area contributed by atoms with Crippen LogP contribution >= 0.6 is 27.3 Å². The molecule has 0 aromatic carbocycles. The lowest BCUT2D eigenvalue weighted by atomic mass is 9.87. The molecule has 1 atom stereocenters. The second-order valence-corrected chi connectivity index (χ2v) is 7.60. The molecule has 2 rings (SSSR count). The van der Waals surface area contributed by atoms with E-state index in [1.165, 1.54) is 11.3 Å². The monoisotopic (exact) mass is 440 g/mol. The summed E-state index contributed by atoms with van der Waals surface area (Å²) in [6.45, 7) is 3.67. The first-order valence-corrected chi connectivity index (χ1v) is 9.42. The molecule has 2 N–H and O–H groups in total. The largest absolute Gasteiger partial charge is 0.466 e. The van der Waals surface area contributed by atoms with E-state index in [1.54, 1.807) is 26.0 Å². The number of hydrogen-bond donors (Lipinski definition) is 1. The predicted molar refractivity (Wildman–Crippen MR) is 97.6 cm³/mol. The molecule has 1 unspecified atom stereocenters. The van der Waals surface area contributed by atoms with Crippen LogP contribution in [0.3, 0.4) is 0 Å². The SMILES string of the molecule is CCOC(=O)CC1=C(C(=O)OCC)C(c2ccc(Br)s2)C(C#N)=C(N)O1. The van der Waals surface area contributed by atoms with Crippen LogP contribution in [0.4, 0.5) is 0 Å². The molecule has 26 heavy (non-hydrogen) atoms. The van der Waals surface area contributed by atoms with Gasteiger partial charge in [-0.3, -0.25) is 4.79 Å². The van der Waals surface area contributed by atoms with Crippen molar-refractivity contribution in [2.45, 2.75) is 26.2 Å². The topological polar surface area (TPSA) is 112 Å². The highest BCUT2D eigenvalue weighted by Crippen LogP contribution is 2.43. The first kappa shape index (κ1) is 20.0. The molecule has 1 aliphatic heterocycles. The third-order valence-corrected chi connectivity index (χ3v) is 5.17. The molecule has 0 fully saturated rings. The zero-order chi connectivity index (χ0) is 19.3. The minimum Gasteiger partial charge on any atom is -0.466 e. The quantitative estimate of drug-likeness (QED) is 0.676. The number of ether oxygens (including phenoxy) is 3. The van der Waals surface area contributed by atoms with Gasteiger partial charge in [0.05, 0.1) is 28.5 Å². The Bertz CT molecular complexity index is 821. The number of carbonyl (C=O) groups is 2. The van der Waals surface area contributed by atoms with Gasteiger partial charge in [0, 0.05) is 4.88 Å². The van der Waals surface area contributed by atoms with Gasteiger partial charge in [0.15, 0.2) is 0 Å². The summed E-state index contributed by atoms with van der Waals surface area (Å²) in [5, 5.41) is 9.54. The van der Waals surface area contributed by atoms with Crippen molar-refractivity contribution in [3.8, 4) is 6.07 Å². The number of allylic oxidation sites excluding steroid dienone is 1. The molecule has 2 heterocycles. The summed E-state index contributed by atoms with van der Waals surface area (Å²) in [7, 11) is 0. The fourth-order valence-electron chi connectivity index (χ4n) is 2.49. The van der Waals surface area contributed by atoms with E-state index in [2.05, 4.69) is 15.9 Å². The van der Waals surface area contributed by atoms with Crippen LogP contribution in [0.5, 0.6) is 0 Å². The first-order valence-electron chi connectivity index (χ1n) is 7.81. The highest BCUT2D eigenvalue weighted by atomic mass is 79.9. The summed E-state index contributed by atoms with van der Waals surface area (Å²) in [5.41, 5.74) is 6.07. The number of esters is 2. The number of nitrogens with two attached hydrogens (primary N) is 1. The van der Waals surface area contributed by atoms with Crippen molar-refractivity contribution < 1.29 is 23.8 Å². The molecule has 0 saturated heterocycles. The normalized spacial score (nSPS) is 16.8. The molecule has 0 amide bonds. The molecule has 7 nitrogen and oxygen atoms in total. The Hall–Kier alpha value is -2.31. The fourth-order valence-corrected chi connectivity index (χ4v) is 4.04. The van der Waals surface area contributed by atoms with Gasteiger partial charge in [-0.2, -0.15) is 5.26 Å². The summed E-state index contributed by atoms with van der Waals surface area (Å²) in [6.07, 6.45) is -0.287. The smallest absolute Gasteiger partial charge is 0.338 e. The summed E-state index contributed by atoms with van der Waals surface area (Å²) >= 11 is 4.72. The first-order chi connectivity index (χ1) is 12.4. The molecule has 1 aromatic heterocycles. The highest BCUT2D eigenvalue weighted by molar-refractivity contribution is 9.11. The van der Waals surface area contributed by atoms with E-state index in [1.807, 2.05) is 6.07 Å². The van der Waals surface area contributed by atoms with Gasteiger partial charge in [-0.15, -0.1) is 11.3 Å². The molecular formula is C17H17BrN2O5S. The van der Waals surface area contributed by atoms with Crippen LogP contribution in [-0.2, 0) is 23.8 Å². The number of rotatable bonds is 6. The van der Waals surface area contributed by atoms with Gasteiger partial charge >= 0.3 is 11.9 Å². The third-order valence-electron chi connectivity index (χ3n) is 3.48. The second-order valence-electron chi connectivity index (χ2n) is 5.11. The summed E-state index contributed by atoms with van der Waals surface area (Å²) in [6, 6.07) is 5.57. The van der Waals surface area contributed by atoms with E-state index >= 15 is 0 Å². The maximum absolute atomic E-state index is 12.6. The van der Waals surface area contributed by atoms with Crippen LogP contribution < -0.4 is 5.73 Å². The number of hydrogen-bond acceptors (Lipinski definition) is 8. The lowest BCUT2D eigenvalue weighted by Gasteiger charge is -2.27. The number of nitrogens with zero attached hydrogens (tertiary/aromatic N) is 1. The minimum absolute atomic E-state index is 0.0351. The summed E-state index contributed by atoms with van der Waals surface area (Å²) in [5.74, 6) is -2.11. The van der Waals surface area contributed by atoms with Crippen LogP contribution in [0.2, 0.25) is 0 Å². The molecule has 1 aliphatic rings. The average molecular weight is 441 g/mol. The van der Waals surface area contributed by atoms with Gasteiger partial charge in [0.2, 0.25) is 5.88 Å². The maximum Gasteiger partial charge on any atom is 0.338 e. The Labute approximate surface area is 163 Å². The Morgan fingerprint density at radius 3 is 2.58 bits per heavy atom. The third kappa shape index (κ3) is 4.26. The van der Waals surface area contributed by atoms with Gasteiger partial charge in [0.25, 0.3) is 0 Å². The van der Waals surface area contributed by atoms with Crippen LogP contribution in [-0.4, -0.2) is 25.2 Å². The van der Waals surface area contributed by atoms with Crippen molar-refractivity contribution in [1.29, 1.82) is 5.26 Å². The summed E-state index contributed by atoms with van der Waals surface area (Å²) in [4.78, 5) is 25.2. The second kappa shape index (κ2) is 8.87. The Balaban J connectivity index is 2.59. The lowest BCUT2D eigenvalue weighted by Crippen LogP contribution is -2.27. The number of halogens is 1. The van der Waals surface area contributed by atoms with Gasteiger partial charge < -0.3 is 19.9 Å². The van der Waals surface area contributed by atoms with Crippen molar-refractivity contribution in [1.82, 2.24) is 0 Å². The van der Waals surface area contributed by atoms with Crippen molar-refractivity contribution >= 4 is 39.2 Å². The predicted octanol–water partition coefficient (Wildman–Crippen LogP) is 3.09. The van der Waals surface area contributed by atoms with E-state index in [-0.39, 0.29) is 42.4 Å². The lowest BCUT2D eigenvalue weighted by molar-refractivity contribution is -0.143. The van der Waals surface area contributed by atoms with Crippen molar-refractivity contribution in [3.63, 3.8) is 0 Å². The van der Waals surface area contributed by atoms with Crippen molar-refractivity contribution in [2.24, 2.45) is 5.73 Å². The Morgan fingerprint density at radius 1 is 1.35 bits per heavy atom. The standard InChI is InChI=1S/C17H17BrN2O5S/c1-3-23-13(21)7-10-15(17(22)24-4-2)14(9(8-19)16(20)25-10)11-5-6-12(18)26-11/h5-6,14H,3-4,7,20H2,1-2H3. The van der Waals surface area contributed by atoms with Crippen LogP contribution in [0, 0.1) is 11.3 Å². The fraction of sp³-hybridized carbons (Fsp3) is 0.353. The molecule has 0 bridgehead atoms. The zero-order valence-corrected chi connectivity index (χ0v) is 16.6. The average Bonchev–Trinajstić information content (AvgIpc) is 3.00.